The van der Waals surface area contributed by atoms with Crippen molar-refractivity contribution in [1.29, 1.82) is 0 Å². The molecule has 0 saturated heterocycles. The first kappa shape index (κ1) is 11.0. The van der Waals surface area contributed by atoms with E-state index in [0.717, 1.165) is 0 Å². The van der Waals surface area contributed by atoms with E-state index in [1.54, 1.807) is 19.2 Å². The van der Waals surface area contributed by atoms with E-state index >= 15 is 0 Å². The van der Waals surface area contributed by atoms with Crippen LogP contribution in [0.2, 0.25) is 0 Å². The Hall–Kier alpha value is -1.10. The highest BCUT2D eigenvalue weighted by Gasteiger charge is 2.16. The lowest BCUT2D eigenvalue weighted by atomic mass is 10.3. The monoisotopic (exact) mass is 212 g/mol. The number of carboxylic acids is 1. The van der Waals surface area contributed by atoms with Gasteiger partial charge in [0.25, 0.3) is 0 Å². The number of thioether (sulfide) groups is 1. The maximum Gasteiger partial charge on any atom is 0.317 e. The van der Waals surface area contributed by atoms with E-state index in [1.165, 1.54) is 11.8 Å². The first-order valence-electron chi connectivity index (χ1n) is 4.32. The lowest BCUT2D eigenvalue weighted by molar-refractivity contribution is -0.136. The summed E-state index contributed by atoms with van der Waals surface area (Å²) in [5, 5.41) is 9.13. The quantitative estimate of drug-likeness (QED) is 0.608. The van der Waals surface area contributed by atoms with Gasteiger partial charge < -0.3 is 5.11 Å². The lowest BCUT2D eigenvalue weighted by Crippen LogP contribution is -2.15. The number of aryl methyl sites for hydroxylation is 1. The normalized spacial score (nSPS) is 12.4. The molecule has 0 spiro atoms. The van der Waals surface area contributed by atoms with E-state index in [0.29, 0.717) is 17.3 Å². The first-order chi connectivity index (χ1) is 6.63. The fourth-order valence-corrected chi connectivity index (χ4v) is 1.84. The molecule has 5 heteroatoms. The zero-order valence-corrected chi connectivity index (χ0v) is 8.91. The molecule has 0 saturated carbocycles. The van der Waals surface area contributed by atoms with Crippen LogP contribution >= 0.6 is 11.8 Å². The summed E-state index contributed by atoms with van der Waals surface area (Å²) in [4.78, 5) is 18.8. The Morgan fingerprint density at radius 3 is 2.93 bits per heavy atom. The molecule has 76 valence electrons. The molecule has 0 fully saturated rings. The molecular formula is C9H12N2O2S. The van der Waals surface area contributed by atoms with Crippen LogP contribution in [0.25, 0.3) is 0 Å². The summed E-state index contributed by atoms with van der Waals surface area (Å²) < 4.78 is 0. The van der Waals surface area contributed by atoms with Crippen LogP contribution in [0.4, 0.5) is 0 Å². The second-order valence-corrected chi connectivity index (χ2v) is 4.02. The van der Waals surface area contributed by atoms with Gasteiger partial charge in [0.05, 0.1) is 0 Å². The van der Waals surface area contributed by atoms with Gasteiger partial charge in [0, 0.05) is 6.20 Å². The van der Waals surface area contributed by atoms with E-state index in [2.05, 4.69) is 9.97 Å². The average molecular weight is 212 g/mol. The molecule has 0 amide bonds. The minimum absolute atomic E-state index is 0.427. The molecule has 0 aliphatic rings. The molecule has 1 atom stereocenters. The highest BCUT2D eigenvalue weighted by molar-refractivity contribution is 8.00. The molecule has 1 aromatic rings. The van der Waals surface area contributed by atoms with Gasteiger partial charge in [-0.1, -0.05) is 18.7 Å². The fraction of sp³-hybridized carbons (Fsp3) is 0.444. The number of carboxylic acid groups (broad SMARTS) is 1. The minimum Gasteiger partial charge on any atom is -0.480 e. The van der Waals surface area contributed by atoms with Gasteiger partial charge in [-0.2, -0.15) is 0 Å². The largest absolute Gasteiger partial charge is 0.480 e. The van der Waals surface area contributed by atoms with Crippen LogP contribution in [0.5, 0.6) is 0 Å². The van der Waals surface area contributed by atoms with Crippen LogP contribution in [-0.4, -0.2) is 26.3 Å². The number of hydrogen-bond acceptors (Lipinski definition) is 4. The molecule has 0 aromatic carbocycles. The van der Waals surface area contributed by atoms with Crippen LogP contribution in [0.1, 0.15) is 19.2 Å². The van der Waals surface area contributed by atoms with Crippen molar-refractivity contribution in [2.24, 2.45) is 0 Å². The molecule has 1 aromatic heterocycles. The molecule has 0 aliphatic heterocycles. The third-order valence-corrected chi connectivity index (χ3v) is 2.95. The molecule has 0 aliphatic carbocycles. The molecule has 1 heterocycles. The number of aliphatic carboxylic acids is 1. The predicted molar refractivity (Wildman–Crippen MR) is 54.3 cm³/mol. The van der Waals surface area contributed by atoms with Gasteiger partial charge in [0.2, 0.25) is 0 Å². The van der Waals surface area contributed by atoms with Crippen molar-refractivity contribution in [3.63, 3.8) is 0 Å². The summed E-state index contributed by atoms with van der Waals surface area (Å²) in [6.07, 6.45) is 2.22. The SMILES string of the molecule is CCC(Sc1ccnc(C)n1)C(=O)O. The van der Waals surface area contributed by atoms with Crippen molar-refractivity contribution in [3.8, 4) is 0 Å². The number of carbonyl (C=O) groups is 1. The Kier molecular flexibility index (Phi) is 3.88. The van der Waals surface area contributed by atoms with E-state index in [-0.39, 0.29) is 0 Å². The van der Waals surface area contributed by atoms with Crippen molar-refractivity contribution >= 4 is 17.7 Å². The molecular weight excluding hydrogens is 200 g/mol. The number of nitrogens with zero attached hydrogens (tertiary/aromatic N) is 2. The number of hydrogen-bond donors (Lipinski definition) is 1. The van der Waals surface area contributed by atoms with Crippen molar-refractivity contribution in [1.82, 2.24) is 9.97 Å². The van der Waals surface area contributed by atoms with Crippen LogP contribution in [0.3, 0.4) is 0 Å². The third kappa shape index (κ3) is 2.99. The summed E-state index contributed by atoms with van der Waals surface area (Å²) in [6, 6.07) is 1.73. The van der Waals surface area contributed by atoms with Crippen molar-refractivity contribution in [3.05, 3.63) is 18.1 Å². The molecule has 0 bridgehead atoms. The maximum atomic E-state index is 10.8. The second-order valence-electron chi connectivity index (χ2n) is 2.80. The van der Waals surface area contributed by atoms with Crippen molar-refractivity contribution in [2.75, 3.05) is 0 Å². The highest BCUT2D eigenvalue weighted by atomic mass is 32.2. The van der Waals surface area contributed by atoms with Gasteiger partial charge in [-0.3, -0.25) is 4.79 Å². The number of rotatable bonds is 4. The number of aromatic nitrogens is 2. The van der Waals surface area contributed by atoms with E-state index in [4.69, 9.17) is 5.11 Å². The Labute approximate surface area is 86.8 Å². The van der Waals surface area contributed by atoms with Crippen molar-refractivity contribution in [2.45, 2.75) is 30.5 Å². The van der Waals surface area contributed by atoms with Gasteiger partial charge in [-0.25, -0.2) is 9.97 Å². The predicted octanol–water partition coefficient (Wildman–Crippen LogP) is 1.74. The van der Waals surface area contributed by atoms with Crippen molar-refractivity contribution < 1.29 is 9.90 Å². The molecule has 1 unspecified atom stereocenters. The third-order valence-electron chi connectivity index (χ3n) is 1.66. The van der Waals surface area contributed by atoms with Crippen LogP contribution in [-0.2, 0) is 4.79 Å². The standard InChI is InChI=1S/C9H12N2O2S/c1-3-7(9(12)13)14-8-4-5-10-6(2)11-8/h4-5,7H,3H2,1-2H3,(H,12,13). The zero-order chi connectivity index (χ0) is 10.6. The van der Waals surface area contributed by atoms with E-state index in [1.807, 2.05) is 6.92 Å². The summed E-state index contributed by atoms with van der Waals surface area (Å²) in [7, 11) is 0. The highest BCUT2D eigenvalue weighted by Crippen LogP contribution is 2.23. The summed E-state index contributed by atoms with van der Waals surface area (Å²) in [6.45, 7) is 3.63. The van der Waals surface area contributed by atoms with Gasteiger partial charge in [-0.15, -0.1) is 0 Å². The van der Waals surface area contributed by atoms with Crippen LogP contribution < -0.4 is 0 Å². The summed E-state index contributed by atoms with van der Waals surface area (Å²) >= 11 is 1.26. The molecule has 1 N–H and O–H groups in total. The van der Waals surface area contributed by atoms with Crippen LogP contribution in [0, 0.1) is 6.92 Å². The van der Waals surface area contributed by atoms with Gasteiger partial charge >= 0.3 is 5.97 Å². The summed E-state index contributed by atoms with van der Waals surface area (Å²) in [5.41, 5.74) is 0. The molecule has 1 rings (SSSR count). The zero-order valence-electron chi connectivity index (χ0n) is 8.10. The lowest BCUT2D eigenvalue weighted by Gasteiger charge is -2.07. The second kappa shape index (κ2) is 4.95. The maximum absolute atomic E-state index is 10.8. The Balaban J connectivity index is 2.72. The Bertz CT molecular complexity index is 330. The molecule has 4 nitrogen and oxygen atoms in total. The summed E-state index contributed by atoms with van der Waals surface area (Å²) in [5.74, 6) is -0.135. The van der Waals surface area contributed by atoms with Gasteiger partial charge in [0.15, 0.2) is 0 Å². The van der Waals surface area contributed by atoms with E-state index in [9.17, 15) is 4.79 Å². The average Bonchev–Trinajstić information content (AvgIpc) is 2.14. The van der Waals surface area contributed by atoms with Gasteiger partial charge in [0.1, 0.15) is 16.1 Å². The molecule has 14 heavy (non-hydrogen) atoms. The molecule has 0 radical (unpaired) electrons. The minimum atomic E-state index is -0.797. The van der Waals surface area contributed by atoms with E-state index < -0.39 is 11.2 Å². The topological polar surface area (TPSA) is 63.1 Å². The smallest absolute Gasteiger partial charge is 0.317 e. The van der Waals surface area contributed by atoms with Gasteiger partial charge in [-0.05, 0) is 19.4 Å². The Morgan fingerprint density at radius 2 is 2.43 bits per heavy atom. The van der Waals surface area contributed by atoms with Crippen LogP contribution in [0.15, 0.2) is 17.3 Å². The fourth-order valence-electron chi connectivity index (χ4n) is 0.954. The Morgan fingerprint density at radius 1 is 1.71 bits per heavy atom. The first-order valence-corrected chi connectivity index (χ1v) is 5.20.